The van der Waals surface area contributed by atoms with E-state index in [2.05, 4.69) is 26.2 Å². The van der Waals surface area contributed by atoms with Gasteiger partial charge in [0.05, 0.1) is 5.56 Å². The standard InChI is InChI=1S/C20H26O3Si/c1-14-11-19(23-20(22)16-9-7-6-8-10-16)17(12-18(14)21)15(2)13-24(3,4)5/h6-11,17,19H,2,12-13H2,1,3-5H3/t17-,19-/m1/s1. The summed E-state index contributed by atoms with van der Waals surface area (Å²) in [6.45, 7) is 12.8. The van der Waals surface area contributed by atoms with E-state index < -0.39 is 14.2 Å². The largest absolute Gasteiger partial charge is 0.454 e. The summed E-state index contributed by atoms with van der Waals surface area (Å²) in [6.07, 6.45) is 1.74. The Bertz CT molecular complexity index is 668. The SMILES string of the molecule is C=C(C[Si](C)(C)C)[C@H]1CC(=O)C(C)=C[C@H]1OC(=O)c1ccccc1. The minimum atomic E-state index is -1.35. The fourth-order valence-corrected chi connectivity index (χ4v) is 4.63. The Morgan fingerprint density at radius 3 is 2.46 bits per heavy atom. The molecule has 1 aromatic carbocycles. The van der Waals surface area contributed by atoms with Crippen molar-refractivity contribution in [2.75, 3.05) is 0 Å². The number of rotatable bonds is 5. The molecule has 0 saturated heterocycles. The van der Waals surface area contributed by atoms with Gasteiger partial charge in [-0.15, -0.1) is 0 Å². The maximum Gasteiger partial charge on any atom is 0.338 e. The summed E-state index contributed by atoms with van der Waals surface area (Å²) in [4.78, 5) is 24.5. The quantitative estimate of drug-likeness (QED) is 0.445. The number of hydrogen-bond donors (Lipinski definition) is 0. The van der Waals surface area contributed by atoms with Crippen molar-refractivity contribution < 1.29 is 14.3 Å². The lowest BCUT2D eigenvalue weighted by atomic mass is 9.82. The highest BCUT2D eigenvalue weighted by molar-refractivity contribution is 6.76. The van der Waals surface area contributed by atoms with E-state index in [1.54, 1.807) is 25.1 Å². The van der Waals surface area contributed by atoms with Crippen LogP contribution >= 0.6 is 0 Å². The number of carbonyl (C=O) groups excluding carboxylic acids is 2. The van der Waals surface area contributed by atoms with E-state index in [1.807, 2.05) is 18.2 Å². The molecule has 0 heterocycles. The van der Waals surface area contributed by atoms with Gasteiger partial charge in [0.2, 0.25) is 0 Å². The Kier molecular flexibility index (Phi) is 5.60. The van der Waals surface area contributed by atoms with Crippen molar-refractivity contribution in [3.05, 3.63) is 59.7 Å². The fourth-order valence-electron chi connectivity index (χ4n) is 3.00. The smallest absolute Gasteiger partial charge is 0.338 e. The van der Waals surface area contributed by atoms with Gasteiger partial charge in [-0.3, -0.25) is 4.79 Å². The summed E-state index contributed by atoms with van der Waals surface area (Å²) in [5.41, 5.74) is 2.21. The second-order valence-corrected chi connectivity index (χ2v) is 13.2. The molecule has 128 valence electrons. The second-order valence-electron chi connectivity index (χ2n) is 7.72. The van der Waals surface area contributed by atoms with Crippen molar-refractivity contribution in [1.82, 2.24) is 0 Å². The monoisotopic (exact) mass is 342 g/mol. The number of carbonyl (C=O) groups is 2. The summed E-state index contributed by atoms with van der Waals surface area (Å²) in [5, 5.41) is 0. The summed E-state index contributed by atoms with van der Waals surface area (Å²) in [5.74, 6) is -0.367. The van der Waals surface area contributed by atoms with Gasteiger partial charge >= 0.3 is 5.97 Å². The third kappa shape index (κ3) is 4.77. The zero-order chi connectivity index (χ0) is 17.9. The van der Waals surface area contributed by atoms with Gasteiger partial charge in [-0.2, -0.15) is 0 Å². The molecule has 0 N–H and O–H groups in total. The molecule has 1 aliphatic carbocycles. The maximum absolute atomic E-state index is 12.4. The number of ether oxygens (including phenoxy) is 1. The lowest BCUT2D eigenvalue weighted by Gasteiger charge is -2.32. The molecule has 0 aliphatic heterocycles. The van der Waals surface area contributed by atoms with E-state index in [9.17, 15) is 9.59 Å². The Morgan fingerprint density at radius 1 is 1.25 bits per heavy atom. The van der Waals surface area contributed by atoms with E-state index in [0.717, 1.165) is 11.6 Å². The Labute approximate surface area is 145 Å². The average Bonchev–Trinajstić information content (AvgIpc) is 2.49. The molecule has 0 saturated carbocycles. The van der Waals surface area contributed by atoms with Gasteiger partial charge in [-0.05, 0) is 36.7 Å². The van der Waals surface area contributed by atoms with Crippen molar-refractivity contribution in [2.45, 2.75) is 45.1 Å². The summed E-state index contributed by atoms with van der Waals surface area (Å²) in [6, 6.07) is 9.88. The molecule has 0 aromatic heterocycles. The topological polar surface area (TPSA) is 43.4 Å². The molecular formula is C20H26O3Si. The van der Waals surface area contributed by atoms with Crippen LogP contribution in [0.5, 0.6) is 0 Å². The van der Waals surface area contributed by atoms with Gasteiger partial charge in [0.25, 0.3) is 0 Å². The number of ketones is 1. The second kappa shape index (κ2) is 7.30. The normalized spacial score (nSPS) is 21.2. The first kappa shape index (κ1) is 18.4. The number of hydrogen-bond acceptors (Lipinski definition) is 3. The number of esters is 1. The maximum atomic E-state index is 12.4. The summed E-state index contributed by atoms with van der Waals surface area (Å²) >= 11 is 0. The Hall–Kier alpha value is -1.94. The van der Waals surface area contributed by atoms with Gasteiger partial charge < -0.3 is 4.74 Å². The fraction of sp³-hybridized carbons (Fsp3) is 0.400. The van der Waals surface area contributed by atoms with Crippen molar-refractivity contribution in [2.24, 2.45) is 5.92 Å². The van der Waals surface area contributed by atoms with Crippen LogP contribution in [0.2, 0.25) is 25.7 Å². The molecule has 1 aromatic rings. The first-order valence-corrected chi connectivity index (χ1v) is 12.0. The predicted molar refractivity (Wildman–Crippen MR) is 99.8 cm³/mol. The molecule has 0 unspecified atom stereocenters. The highest BCUT2D eigenvalue weighted by Gasteiger charge is 2.34. The molecule has 0 bridgehead atoms. The van der Waals surface area contributed by atoms with Crippen molar-refractivity contribution in [1.29, 1.82) is 0 Å². The van der Waals surface area contributed by atoms with E-state index in [1.165, 1.54) is 0 Å². The molecule has 24 heavy (non-hydrogen) atoms. The van der Waals surface area contributed by atoms with Crippen LogP contribution in [0.15, 0.2) is 54.1 Å². The zero-order valence-electron chi connectivity index (χ0n) is 15.0. The molecule has 1 aliphatic rings. The highest BCUT2D eigenvalue weighted by atomic mass is 28.3. The van der Waals surface area contributed by atoms with Crippen LogP contribution in [0.3, 0.4) is 0 Å². The molecule has 4 heteroatoms. The third-order valence-electron chi connectivity index (χ3n) is 4.19. The van der Waals surface area contributed by atoms with Crippen molar-refractivity contribution in [3.63, 3.8) is 0 Å². The third-order valence-corrected chi connectivity index (χ3v) is 5.71. The Balaban J connectivity index is 2.21. The molecule has 0 fully saturated rings. The molecule has 2 atom stereocenters. The average molecular weight is 343 g/mol. The minimum Gasteiger partial charge on any atom is -0.454 e. The molecule has 0 radical (unpaired) electrons. The van der Waals surface area contributed by atoms with Crippen LogP contribution in [-0.2, 0) is 9.53 Å². The first-order valence-electron chi connectivity index (χ1n) is 8.33. The van der Waals surface area contributed by atoms with E-state index in [-0.39, 0.29) is 17.7 Å². The van der Waals surface area contributed by atoms with E-state index in [0.29, 0.717) is 17.6 Å². The highest BCUT2D eigenvalue weighted by Crippen LogP contribution is 2.33. The number of benzene rings is 1. The molecule has 0 amide bonds. The van der Waals surface area contributed by atoms with Crippen LogP contribution in [0, 0.1) is 5.92 Å². The number of allylic oxidation sites excluding steroid dienone is 1. The van der Waals surface area contributed by atoms with E-state index in [4.69, 9.17) is 4.74 Å². The summed E-state index contributed by atoms with van der Waals surface area (Å²) in [7, 11) is -1.35. The van der Waals surface area contributed by atoms with Gasteiger partial charge in [-0.25, -0.2) is 4.79 Å². The van der Waals surface area contributed by atoms with Crippen molar-refractivity contribution >= 4 is 19.8 Å². The molecule has 3 nitrogen and oxygen atoms in total. The van der Waals surface area contributed by atoms with Gasteiger partial charge in [-0.1, -0.05) is 50.0 Å². The zero-order valence-corrected chi connectivity index (χ0v) is 16.0. The van der Waals surface area contributed by atoms with Crippen LogP contribution in [0.4, 0.5) is 0 Å². The number of Topliss-reactive ketones (excluding diaryl/α,β-unsaturated/α-hetero) is 1. The predicted octanol–water partition coefficient (Wildman–Crippen LogP) is 4.64. The van der Waals surface area contributed by atoms with E-state index >= 15 is 0 Å². The van der Waals surface area contributed by atoms with Gasteiger partial charge in [0.1, 0.15) is 6.10 Å². The van der Waals surface area contributed by atoms with Gasteiger partial charge in [0.15, 0.2) is 5.78 Å². The van der Waals surface area contributed by atoms with Crippen LogP contribution in [0.1, 0.15) is 23.7 Å². The van der Waals surface area contributed by atoms with Crippen molar-refractivity contribution in [3.8, 4) is 0 Å². The summed E-state index contributed by atoms with van der Waals surface area (Å²) < 4.78 is 5.73. The lowest BCUT2D eigenvalue weighted by molar-refractivity contribution is -0.117. The lowest BCUT2D eigenvalue weighted by Crippen LogP contribution is -2.34. The Morgan fingerprint density at radius 2 is 1.88 bits per heavy atom. The molecule has 2 rings (SSSR count). The van der Waals surface area contributed by atoms with Crippen LogP contribution in [-0.4, -0.2) is 25.9 Å². The van der Waals surface area contributed by atoms with Crippen LogP contribution in [0.25, 0.3) is 0 Å². The molecular weight excluding hydrogens is 316 g/mol. The first-order chi connectivity index (χ1) is 11.2. The van der Waals surface area contributed by atoms with Crippen LogP contribution < -0.4 is 0 Å². The van der Waals surface area contributed by atoms with Gasteiger partial charge in [0, 0.05) is 20.4 Å². The molecule has 0 spiro atoms. The minimum absolute atomic E-state index is 0.115.